The summed E-state index contributed by atoms with van der Waals surface area (Å²) < 4.78 is 39.8. The van der Waals surface area contributed by atoms with Gasteiger partial charge in [0, 0.05) is 64.9 Å². The van der Waals surface area contributed by atoms with E-state index in [4.69, 9.17) is 28.4 Å². The van der Waals surface area contributed by atoms with Crippen LogP contribution in [0.15, 0.2) is 194 Å². The fraction of sp³-hybridized carbons (Fsp3) is 0.275. The fourth-order valence-corrected chi connectivity index (χ4v) is 15.5. The molecular formula is C80H78N2O6S2. The van der Waals surface area contributed by atoms with Crippen LogP contribution in [0.25, 0.3) is 95.6 Å². The lowest BCUT2D eigenvalue weighted by molar-refractivity contribution is -0.0443. The predicted molar refractivity (Wildman–Crippen MR) is 378 cm³/mol. The Balaban J connectivity index is 0.851. The smallest absolute Gasteiger partial charge is 0.184 e. The van der Waals surface area contributed by atoms with Gasteiger partial charge < -0.3 is 39.1 Å². The van der Waals surface area contributed by atoms with Gasteiger partial charge in [0.1, 0.15) is 0 Å². The molecule has 90 heavy (non-hydrogen) atoms. The molecule has 2 atom stereocenters. The first-order valence-corrected chi connectivity index (χ1v) is 34.2. The summed E-state index contributed by atoms with van der Waals surface area (Å²) >= 11 is 3.77. The number of hydrogen-bond donors (Lipinski definition) is 2. The van der Waals surface area contributed by atoms with Gasteiger partial charge in [-0.1, -0.05) is 212 Å². The normalized spacial score (nSPS) is 14.6. The van der Waals surface area contributed by atoms with E-state index in [0.29, 0.717) is 51.5 Å². The molecule has 8 nitrogen and oxygen atoms in total. The summed E-state index contributed by atoms with van der Waals surface area (Å²) in [6, 6.07) is 70.8. The van der Waals surface area contributed by atoms with E-state index in [0.717, 1.165) is 104 Å². The molecule has 0 saturated carbocycles. The first kappa shape index (κ1) is 59.6. The molecule has 0 amide bonds. The molecule has 0 aliphatic carbocycles. The molecule has 2 unspecified atom stereocenters. The van der Waals surface area contributed by atoms with Gasteiger partial charge in [-0.05, 0) is 117 Å². The number of fused-ring (bicyclic) bond motifs is 8. The average molecular weight is 1230 g/mol. The van der Waals surface area contributed by atoms with E-state index in [1.807, 2.05) is 22.7 Å². The number of rotatable bonds is 24. The van der Waals surface area contributed by atoms with E-state index >= 15 is 0 Å². The Hall–Kier alpha value is -8.06. The highest BCUT2D eigenvalue weighted by Gasteiger charge is 2.24. The Morgan fingerprint density at radius 1 is 0.411 bits per heavy atom. The van der Waals surface area contributed by atoms with Gasteiger partial charge >= 0.3 is 0 Å². The molecule has 2 N–H and O–H groups in total. The number of benzene rings is 10. The van der Waals surface area contributed by atoms with Crippen LogP contribution < -0.4 is 20.1 Å². The summed E-state index contributed by atoms with van der Waals surface area (Å²) in [6.07, 6.45) is 8.60. The zero-order valence-corrected chi connectivity index (χ0v) is 53.6. The molecule has 2 fully saturated rings. The summed E-state index contributed by atoms with van der Waals surface area (Å²) in [5.74, 6) is 2.62. The van der Waals surface area contributed by atoms with Crippen molar-refractivity contribution in [3.05, 3.63) is 205 Å². The topological polar surface area (TPSA) is 79.4 Å². The number of ether oxygens (including phenoxy) is 6. The monoisotopic (exact) mass is 1230 g/mol. The van der Waals surface area contributed by atoms with Crippen LogP contribution in [0.1, 0.15) is 103 Å². The van der Waals surface area contributed by atoms with Crippen molar-refractivity contribution in [2.24, 2.45) is 11.8 Å². The van der Waals surface area contributed by atoms with Crippen molar-refractivity contribution in [1.29, 1.82) is 0 Å². The van der Waals surface area contributed by atoms with Crippen molar-refractivity contribution in [3.8, 4) is 54.6 Å². The molecule has 2 aliphatic rings. The van der Waals surface area contributed by atoms with Gasteiger partial charge in [0.25, 0.3) is 0 Å². The van der Waals surface area contributed by atoms with Gasteiger partial charge in [0.2, 0.25) is 0 Å². The van der Waals surface area contributed by atoms with Crippen LogP contribution in [0.2, 0.25) is 0 Å². The molecule has 12 aromatic rings. The van der Waals surface area contributed by atoms with Gasteiger partial charge in [-0.25, -0.2) is 0 Å². The van der Waals surface area contributed by atoms with E-state index in [-0.39, 0.29) is 12.6 Å². The molecule has 0 bridgehead atoms. The minimum absolute atomic E-state index is 0.315. The minimum atomic E-state index is -0.315. The highest BCUT2D eigenvalue weighted by Crippen LogP contribution is 2.51. The highest BCUT2D eigenvalue weighted by molar-refractivity contribution is 7.30. The molecule has 0 spiro atoms. The van der Waals surface area contributed by atoms with Gasteiger partial charge in [-0.15, -0.1) is 22.7 Å². The molecule has 2 aliphatic heterocycles. The van der Waals surface area contributed by atoms with Crippen molar-refractivity contribution in [1.82, 2.24) is 0 Å². The second kappa shape index (κ2) is 27.2. The van der Waals surface area contributed by atoms with Crippen LogP contribution in [0.4, 0.5) is 22.7 Å². The van der Waals surface area contributed by atoms with Crippen molar-refractivity contribution >= 4 is 97.9 Å². The van der Waals surface area contributed by atoms with E-state index in [1.54, 1.807) is 0 Å². The van der Waals surface area contributed by atoms with Crippen LogP contribution >= 0.6 is 22.7 Å². The predicted octanol–water partition coefficient (Wildman–Crippen LogP) is 23.0. The first-order valence-electron chi connectivity index (χ1n) is 32.6. The largest absolute Gasteiger partial charge is 0.489 e. The van der Waals surface area contributed by atoms with Gasteiger partial charge in [-0.3, -0.25) is 0 Å². The Morgan fingerprint density at radius 2 is 0.800 bits per heavy atom. The SMILES string of the molecule is CCCCC(CC)COc1cc2c(cc1OCC(CC)CCCC)c1cc(-c3ccc(-c4ccc5ccccc5c4Nc4ccc(C5OCCO5)cc4)cc3)sc1c1sc(-c3ccc(-c4ccc5ccccc5c4Nc4ccc(C5OCCO5)cc4)cc3)cc21. The molecule has 10 aromatic carbocycles. The molecule has 0 radical (unpaired) electrons. The summed E-state index contributed by atoms with van der Waals surface area (Å²) in [4.78, 5) is 2.44. The molecule has 456 valence electrons. The summed E-state index contributed by atoms with van der Waals surface area (Å²) in [6.45, 7) is 12.9. The summed E-state index contributed by atoms with van der Waals surface area (Å²) in [5, 5.41) is 17.2. The van der Waals surface area contributed by atoms with Crippen molar-refractivity contribution < 1.29 is 28.4 Å². The first-order chi connectivity index (χ1) is 44.4. The molecule has 2 aromatic heterocycles. The van der Waals surface area contributed by atoms with E-state index in [2.05, 4.69) is 232 Å². The minimum Gasteiger partial charge on any atom is -0.489 e. The number of nitrogens with one attached hydrogen (secondary N) is 2. The lowest BCUT2D eigenvalue weighted by Crippen LogP contribution is -2.14. The Labute approximate surface area is 536 Å². The van der Waals surface area contributed by atoms with Crippen LogP contribution in [-0.2, 0) is 18.9 Å². The van der Waals surface area contributed by atoms with E-state index < -0.39 is 0 Å². The zero-order chi connectivity index (χ0) is 60.9. The molecular weight excluding hydrogens is 1150 g/mol. The van der Waals surface area contributed by atoms with E-state index in [9.17, 15) is 0 Å². The van der Waals surface area contributed by atoms with Crippen molar-refractivity contribution in [3.63, 3.8) is 0 Å². The number of anilines is 4. The highest BCUT2D eigenvalue weighted by atomic mass is 32.1. The van der Waals surface area contributed by atoms with Crippen molar-refractivity contribution in [2.45, 2.75) is 91.6 Å². The van der Waals surface area contributed by atoms with Crippen LogP contribution in [0.5, 0.6) is 11.5 Å². The van der Waals surface area contributed by atoms with Gasteiger partial charge in [0.05, 0.1) is 60.4 Å². The quantitative estimate of drug-likeness (QED) is 0.0620. The van der Waals surface area contributed by atoms with Crippen LogP contribution in [-0.4, -0.2) is 39.6 Å². The third-order valence-electron chi connectivity index (χ3n) is 18.3. The second-order valence-electron chi connectivity index (χ2n) is 24.2. The second-order valence-corrected chi connectivity index (χ2v) is 26.3. The summed E-state index contributed by atoms with van der Waals surface area (Å²) in [5.41, 5.74) is 13.1. The number of unbranched alkanes of at least 4 members (excludes halogenated alkanes) is 2. The standard InChI is InChI=1S/C80H78N2O6S2/c1-5-9-15-51(7-3)49-87-71-45-67-68(46-72(71)88-50-52(8-4)16-10-6-2)70-48-74(58-27-23-56(24-28-58)66-40-34-54-18-12-14-20-64(54)76(66)82-62-37-31-60(32-38-62)80-85-43-44-86-80)90-78(70)77-69(67)47-73(89-77)57-25-21-55(22-26-57)65-39-33-53-17-11-13-19-63(53)75(65)81-61-35-29-59(30-36-61)79-83-41-42-84-79/h11-14,17-40,45-48,51-52,79-82H,5-10,15-16,41-44,49-50H2,1-4H3. The molecule has 4 heterocycles. The summed E-state index contributed by atoms with van der Waals surface area (Å²) in [7, 11) is 0. The van der Waals surface area contributed by atoms with Crippen LogP contribution in [0, 0.1) is 11.8 Å². The number of hydrogen-bond acceptors (Lipinski definition) is 10. The third kappa shape index (κ3) is 12.5. The fourth-order valence-electron chi connectivity index (χ4n) is 13.0. The maximum Gasteiger partial charge on any atom is 0.184 e. The zero-order valence-electron chi connectivity index (χ0n) is 52.0. The molecule has 2 saturated heterocycles. The van der Waals surface area contributed by atoms with E-state index in [1.165, 1.54) is 88.3 Å². The third-order valence-corrected chi connectivity index (χ3v) is 20.9. The maximum atomic E-state index is 7.01. The Kier molecular flexibility index (Phi) is 18.0. The van der Waals surface area contributed by atoms with Gasteiger partial charge in [0.15, 0.2) is 24.1 Å². The maximum absolute atomic E-state index is 7.01. The van der Waals surface area contributed by atoms with Crippen LogP contribution in [0.3, 0.4) is 0 Å². The molecule has 14 rings (SSSR count). The Bertz CT molecular complexity index is 4160. The average Bonchev–Trinajstić information content (AvgIpc) is 1.57. The van der Waals surface area contributed by atoms with Gasteiger partial charge in [-0.2, -0.15) is 0 Å². The Morgan fingerprint density at radius 3 is 1.19 bits per heavy atom. The van der Waals surface area contributed by atoms with Crippen molar-refractivity contribution in [2.75, 3.05) is 50.3 Å². The molecule has 10 heteroatoms. The lowest BCUT2D eigenvalue weighted by Gasteiger charge is -2.21. The number of thiophene rings is 2. The lowest BCUT2D eigenvalue weighted by atomic mass is 9.96.